The second-order valence-electron chi connectivity index (χ2n) is 8.75. The number of ether oxygens (including phenoxy) is 3. The number of epoxide rings is 2. The molecular weight excluding hydrogens is 352 g/mol. The van der Waals surface area contributed by atoms with Gasteiger partial charge in [0.2, 0.25) is 0 Å². The zero-order valence-electron chi connectivity index (χ0n) is 18.5. The summed E-state index contributed by atoms with van der Waals surface area (Å²) >= 11 is 0. The summed E-state index contributed by atoms with van der Waals surface area (Å²) in [5.41, 5.74) is 0. The summed E-state index contributed by atoms with van der Waals surface area (Å²) < 4.78 is 16.9. The van der Waals surface area contributed by atoms with Crippen molar-refractivity contribution < 1.29 is 19.0 Å². The Morgan fingerprint density at radius 2 is 1.21 bits per heavy atom. The van der Waals surface area contributed by atoms with E-state index in [-0.39, 0.29) is 5.97 Å². The molecule has 0 bridgehead atoms. The Bertz CT molecular complexity index is 411. The molecule has 0 saturated carbocycles. The van der Waals surface area contributed by atoms with Crippen LogP contribution in [-0.4, -0.2) is 37.0 Å². The second kappa shape index (κ2) is 14.4. The van der Waals surface area contributed by atoms with Crippen LogP contribution >= 0.6 is 0 Å². The van der Waals surface area contributed by atoms with Crippen LogP contribution in [-0.2, 0) is 19.0 Å². The molecular formula is C24H44O4. The zero-order valence-corrected chi connectivity index (χ0v) is 18.5. The van der Waals surface area contributed by atoms with Crippen molar-refractivity contribution in [2.24, 2.45) is 0 Å². The Labute approximate surface area is 173 Å². The highest BCUT2D eigenvalue weighted by atomic mass is 16.6. The summed E-state index contributed by atoms with van der Waals surface area (Å²) in [6.07, 6.45) is 20.5. The maximum absolute atomic E-state index is 11.6. The number of carbonyl (C=O) groups excluding carboxylic acids is 1. The number of esters is 1. The van der Waals surface area contributed by atoms with Crippen molar-refractivity contribution in [3.05, 3.63) is 0 Å². The molecule has 2 aliphatic rings. The summed E-state index contributed by atoms with van der Waals surface area (Å²) in [6.45, 7) is 5.04. The van der Waals surface area contributed by atoms with E-state index in [1.165, 1.54) is 70.6 Å². The van der Waals surface area contributed by atoms with E-state index in [2.05, 4.69) is 13.8 Å². The number of carbonyl (C=O) groups is 1. The molecule has 2 heterocycles. The van der Waals surface area contributed by atoms with Gasteiger partial charge in [0.1, 0.15) is 0 Å². The molecule has 2 rings (SSSR count). The summed E-state index contributed by atoms with van der Waals surface area (Å²) in [5, 5.41) is 0. The highest BCUT2D eigenvalue weighted by molar-refractivity contribution is 5.69. The van der Waals surface area contributed by atoms with Gasteiger partial charge in [0.05, 0.1) is 31.0 Å². The van der Waals surface area contributed by atoms with Gasteiger partial charge < -0.3 is 14.2 Å². The minimum Gasteiger partial charge on any atom is -0.466 e. The standard InChI is InChI=1S/C24H44O4/c1-3-5-7-14-18-26-24(25)17-13-10-8-9-12-16-21-23(28-21)19-22-20(27-22)15-11-6-4-2/h20-23H,3-19H2,1-2H3. The first-order valence-electron chi connectivity index (χ1n) is 12.2. The molecule has 2 aliphatic heterocycles. The molecule has 0 N–H and O–H groups in total. The fourth-order valence-corrected chi connectivity index (χ4v) is 4.04. The molecule has 4 heteroatoms. The lowest BCUT2D eigenvalue weighted by molar-refractivity contribution is -0.143. The van der Waals surface area contributed by atoms with Crippen LogP contribution in [0.5, 0.6) is 0 Å². The number of rotatable bonds is 19. The Morgan fingerprint density at radius 3 is 1.89 bits per heavy atom. The maximum Gasteiger partial charge on any atom is 0.305 e. The molecule has 4 atom stereocenters. The van der Waals surface area contributed by atoms with Crippen molar-refractivity contribution in [1.82, 2.24) is 0 Å². The molecule has 0 amide bonds. The number of unbranched alkanes of at least 4 members (excludes halogenated alkanes) is 9. The second-order valence-corrected chi connectivity index (χ2v) is 8.75. The minimum absolute atomic E-state index is 0.0130. The molecule has 0 aromatic rings. The van der Waals surface area contributed by atoms with Crippen molar-refractivity contribution in [1.29, 1.82) is 0 Å². The quantitative estimate of drug-likeness (QED) is 0.145. The van der Waals surface area contributed by atoms with Gasteiger partial charge in [-0.05, 0) is 25.7 Å². The Balaban J connectivity index is 1.31. The lowest BCUT2D eigenvalue weighted by Crippen LogP contribution is -2.05. The van der Waals surface area contributed by atoms with Crippen molar-refractivity contribution in [2.75, 3.05) is 6.61 Å². The van der Waals surface area contributed by atoms with Gasteiger partial charge in [0.25, 0.3) is 0 Å². The lowest BCUT2D eigenvalue weighted by Gasteiger charge is -2.04. The molecule has 164 valence electrons. The molecule has 4 unspecified atom stereocenters. The molecule has 0 radical (unpaired) electrons. The first kappa shape index (κ1) is 23.7. The smallest absolute Gasteiger partial charge is 0.305 e. The van der Waals surface area contributed by atoms with Crippen LogP contribution < -0.4 is 0 Å². The van der Waals surface area contributed by atoms with Gasteiger partial charge in [-0.15, -0.1) is 0 Å². The van der Waals surface area contributed by atoms with Gasteiger partial charge in [-0.3, -0.25) is 4.79 Å². The van der Waals surface area contributed by atoms with Gasteiger partial charge in [0.15, 0.2) is 0 Å². The SMILES string of the molecule is CCCCCCOC(=O)CCCCCCCC1OC1CC1OC1CCCCC. The zero-order chi connectivity index (χ0) is 20.0. The monoisotopic (exact) mass is 396 g/mol. The van der Waals surface area contributed by atoms with Gasteiger partial charge in [-0.25, -0.2) is 0 Å². The molecule has 2 saturated heterocycles. The van der Waals surface area contributed by atoms with E-state index in [0.29, 0.717) is 37.4 Å². The molecule has 0 aromatic carbocycles. The van der Waals surface area contributed by atoms with E-state index in [1.54, 1.807) is 0 Å². The average Bonchev–Trinajstić information content (AvgIpc) is 3.60. The molecule has 0 aromatic heterocycles. The van der Waals surface area contributed by atoms with Gasteiger partial charge >= 0.3 is 5.97 Å². The van der Waals surface area contributed by atoms with Crippen molar-refractivity contribution >= 4 is 5.97 Å². The predicted octanol–water partition coefficient (Wildman–Crippen LogP) is 6.35. The van der Waals surface area contributed by atoms with Crippen LogP contribution in [0.2, 0.25) is 0 Å². The van der Waals surface area contributed by atoms with E-state index < -0.39 is 0 Å². The summed E-state index contributed by atoms with van der Waals surface area (Å²) in [5.74, 6) is -0.0130. The van der Waals surface area contributed by atoms with Crippen LogP contribution in [0.15, 0.2) is 0 Å². The molecule has 0 spiro atoms. The Morgan fingerprint density at radius 1 is 0.679 bits per heavy atom. The van der Waals surface area contributed by atoms with Crippen LogP contribution in [0.25, 0.3) is 0 Å². The Hall–Kier alpha value is -0.610. The highest BCUT2D eigenvalue weighted by Gasteiger charge is 2.47. The van der Waals surface area contributed by atoms with Gasteiger partial charge in [-0.1, -0.05) is 78.1 Å². The predicted molar refractivity (Wildman–Crippen MR) is 114 cm³/mol. The van der Waals surface area contributed by atoms with Crippen LogP contribution in [0.1, 0.15) is 117 Å². The topological polar surface area (TPSA) is 51.4 Å². The summed E-state index contributed by atoms with van der Waals surface area (Å²) in [7, 11) is 0. The fraction of sp³-hybridized carbons (Fsp3) is 0.958. The van der Waals surface area contributed by atoms with E-state index in [4.69, 9.17) is 14.2 Å². The van der Waals surface area contributed by atoms with E-state index >= 15 is 0 Å². The van der Waals surface area contributed by atoms with Crippen molar-refractivity contribution in [3.63, 3.8) is 0 Å². The molecule has 28 heavy (non-hydrogen) atoms. The molecule has 0 aliphatic carbocycles. The van der Waals surface area contributed by atoms with Gasteiger partial charge in [0, 0.05) is 12.8 Å². The van der Waals surface area contributed by atoms with Crippen LogP contribution in [0, 0.1) is 0 Å². The van der Waals surface area contributed by atoms with Crippen LogP contribution in [0.4, 0.5) is 0 Å². The minimum atomic E-state index is -0.0130. The summed E-state index contributed by atoms with van der Waals surface area (Å²) in [6, 6.07) is 0. The largest absolute Gasteiger partial charge is 0.466 e. The normalized spacial score (nSPS) is 25.6. The lowest BCUT2D eigenvalue weighted by atomic mass is 10.0. The van der Waals surface area contributed by atoms with E-state index in [1.807, 2.05) is 0 Å². The van der Waals surface area contributed by atoms with Crippen LogP contribution in [0.3, 0.4) is 0 Å². The van der Waals surface area contributed by atoms with Gasteiger partial charge in [-0.2, -0.15) is 0 Å². The fourth-order valence-electron chi connectivity index (χ4n) is 4.04. The molecule has 2 fully saturated rings. The third kappa shape index (κ3) is 10.8. The third-order valence-corrected chi connectivity index (χ3v) is 6.06. The van der Waals surface area contributed by atoms with E-state index in [9.17, 15) is 4.79 Å². The Kier molecular flexibility index (Phi) is 12.2. The summed E-state index contributed by atoms with van der Waals surface area (Å²) in [4.78, 5) is 11.6. The maximum atomic E-state index is 11.6. The van der Waals surface area contributed by atoms with Crippen molar-refractivity contribution in [3.8, 4) is 0 Å². The average molecular weight is 397 g/mol. The third-order valence-electron chi connectivity index (χ3n) is 6.06. The number of hydrogen-bond donors (Lipinski definition) is 0. The van der Waals surface area contributed by atoms with E-state index in [0.717, 1.165) is 25.7 Å². The number of hydrogen-bond acceptors (Lipinski definition) is 4. The highest BCUT2D eigenvalue weighted by Crippen LogP contribution is 2.39. The first-order chi connectivity index (χ1) is 13.7. The molecule has 4 nitrogen and oxygen atoms in total. The van der Waals surface area contributed by atoms with Crippen molar-refractivity contribution in [2.45, 2.75) is 141 Å². The first-order valence-corrected chi connectivity index (χ1v) is 12.2.